The van der Waals surface area contributed by atoms with Crippen LogP contribution in [0.5, 0.6) is 0 Å². The summed E-state index contributed by atoms with van der Waals surface area (Å²) in [6.07, 6.45) is 4.97. The van der Waals surface area contributed by atoms with Gasteiger partial charge >= 0.3 is 0 Å². The van der Waals surface area contributed by atoms with E-state index in [2.05, 4.69) is 239 Å². The van der Waals surface area contributed by atoms with Gasteiger partial charge in [-0.05, 0) is 158 Å². The van der Waals surface area contributed by atoms with E-state index in [1.165, 1.54) is 99.0 Å². The van der Waals surface area contributed by atoms with Crippen molar-refractivity contribution in [3.05, 3.63) is 302 Å². The molecule has 9 aromatic carbocycles. The van der Waals surface area contributed by atoms with Crippen molar-refractivity contribution in [2.24, 2.45) is 0 Å². The molecule has 0 amide bonds. The first kappa shape index (κ1) is 43.7. The summed E-state index contributed by atoms with van der Waals surface area (Å²) in [6.45, 7) is 6.91. The summed E-state index contributed by atoms with van der Waals surface area (Å²) in [5.41, 5.74) is 19.6. The molecule has 0 saturated carbocycles. The summed E-state index contributed by atoms with van der Waals surface area (Å²) in [5, 5.41) is 3.85. The molecule has 0 unspecified atom stereocenters. The maximum atomic E-state index is 9.22. The van der Waals surface area contributed by atoms with Crippen molar-refractivity contribution in [2.45, 2.75) is 59.3 Å². The minimum absolute atomic E-state index is 0.790. The molecule has 0 atom stereocenters. The molecule has 0 heterocycles. The van der Waals surface area contributed by atoms with E-state index in [0.29, 0.717) is 0 Å². The van der Waals surface area contributed by atoms with Crippen LogP contribution in [-0.2, 0) is 38.5 Å². The first-order valence-electron chi connectivity index (χ1n) is 23.1. The van der Waals surface area contributed by atoms with Crippen molar-refractivity contribution >= 4 is 34.0 Å². The lowest BCUT2D eigenvalue weighted by Crippen LogP contribution is -2.66. The Morgan fingerprint density at radius 2 is 0.446 bits per heavy atom. The Bertz CT molecular complexity index is 2650. The summed E-state index contributed by atoms with van der Waals surface area (Å²) in [4.78, 5) is 0. The van der Waals surface area contributed by atoms with E-state index < -0.39 is 7.38 Å². The quantitative estimate of drug-likeness (QED) is 0.0547. The topological polar surface area (TPSA) is 0 Å². The van der Waals surface area contributed by atoms with Gasteiger partial charge in [-0.2, -0.15) is 0 Å². The van der Waals surface area contributed by atoms with Gasteiger partial charge in [0.1, 0.15) is 0 Å². The summed E-state index contributed by atoms with van der Waals surface area (Å²) in [5.74, 6) is 0. The van der Waals surface area contributed by atoms with Crippen LogP contribution in [0.2, 0.25) is 0 Å². The number of hydrogen-bond acceptors (Lipinski definition) is 0. The Morgan fingerprint density at radius 1 is 0.262 bits per heavy atom. The summed E-state index contributed by atoms with van der Waals surface area (Å²) in [6, 6.07) is 80.7. The predicted octanol–water partition coefficient (Wildman–Crippen LogP) is 13.4. The molecule has 0 saturated heterocycles. The molecule has 9 aromatic rings. The number of halogens is 1. The summed E-state index contributed by atoms with van der Waals surface area (Å²) >= 11 is 9.22. The fourth-order valence-corrected chi connectivity index (χ4v) is 15.2. The summed E-state index contributed by atoms with van der Waals surface area (Å²) in [7, 11) is -3.44. The molecule has 65 heavy (non-hydrogen) atoms. The number of benzene rings is 9. The van der Waals surface area contributed by atoms with Gasteiger partial charge in [0.15, 0.2) is 0 Å². The van der Waals surface area contributed by atoms with Crippen molar-refractivity contribution in [3.8, 4) is 0 Å². The van der Waals surface area contributed by atoms with Crippen LogP contribution >= 0.6 is 11.1 Å². The van der Waals surface area contributed by atoms with Crippen molar-refractivity contribution in [2.75, 3.05) is 0 Å². The van der Waals surface area contributed by atoms with Crippen LogP contribution in [0.25, 0.3) is 0 Å². The standard InChI is InChI=1S/C63H57ClSi/c1-46-34-61(58(40-52-28-16-7-17-29-52)43-55(46)37-49-22-10-4-11-23-49)65(64,62-35-47(2)56(38-50-24-12-5-13-25-50)44-59(62)41-53-30-18-8-19-31-53)63-36-48(3)57(39-51-26-14-6-15-27-51)45-60(63)42-54-32-20-9-21-33-54/h4-36,43-45H,37-42H2,1-3H3. The van der Waals surface area contributed by atoms with Gasteiger partial charge in [-0.1, -0.05) is 218 Å². The monoisotopic (exact) mass is 876 g/mol. The Labute approximate surface area is 393 Å². The third-order valence-electron chi connectivity index (χ3n) is 13.2. The average molecular weight is 878 g/mol. The van der Waals surface area contributed by atoms with E-state index in [4.69, 9.17) is 0 Å². The third kappa shape index (κ3) is 10.2. The Kier molecular flexibility index (Phi) is 13.5. The van der Waals surface area contributed by atoms with E-state index in [1.807, 2.05) is 0 Å². The molecule has 0 aromatic heterocycles. The van der Waals surface area contributed by atoms with E-state index in [-0.39, 0.29) is 0 Å². The summed E-state index contributed by atoms with van der Waals surface area (Å²) < 4.78 is 0. The zero-order valence-electron chi connectivity index (χ0n) is 37.9. The van der Waals surface area contributed by atoms with Crippen molar-refractivity contribution in [3.63, 3.8) is 0 Å². The smallest absolute Gasteiger partial charge is 0.149 e. The molecule has 320 valence electrons. The first-order valence-corrected chi connectivity index (χ1v) is 26.1. The van der Waals surface area contributed by atoms with Crippen LogP contribution in [0.15, 0.2) is 218 Å². The number of rotatable bonds is 15. The second-order valence-corrected chi connectivity index (χ2v) is 22.6. The minimum atomic E-state index is -3.44. The second-order valence-electron chi connectivity index (χ2n) is 17.9. The molecule has 0 aliphatic heterocycles. The lowest BCUT2D eigenvalue weighted by molar-refractivity contribution is 1.11. The molecule has 0 radical (unpaired) electrons. The highest BCUT2D eigenvalue weighted by Crippen LogP contribution is 2.29. The molecule has 0 spiro atoms. The highest BCUT2D eigenvalue weighted by Gasteiger charge is 2.44. The van der Waals surface area contributed by atoms with Gasteiger partial charge in [0.05, 0.1) is 0 Å². The highest BCUT2D eigenvalue weighted by atomic mass is 35.6. The van der Waals surface area contributed by atoms with Crippen LogP contribution in [0.4, 0.5) is 0 Å². The SMILES string of the molecule is Cc1cc([Si](Cl)(c2cc(C)c(Cc3ccccc3)cc2Cc2ccccc2)c2cc(C)c(Cc3ccccc3)cc2Cc2ccccc2)c(Cc2ccccc2)cc1Cc1ccccc1. The van der Waals surface area contributed by atoms with Gasteiger partial charge in [0.2, 0.25) is 7.38 Å². The third-order valence-corrected chi connectivity index (χ3v) is 18.7. The first-order chi connectivity index (χ1) is 31.8. The number of hydrogen-bond donors (Lipinski definition) is 0. The molecule has 9 rings (SSSR count). The van der Waals surface area contributed by atoms with E-state index in [1.54, 1.807) is 0 Å². The second kappa shape index (κ2) is 20.1. The molecule has 0 fully saturated rings. The zero-order chi connectivity index (χ0) is 44.6. The van der Waals surface area contributed by atoms with E-state index in [9.17, 15) is 11.1 Å². The Hall–Kier alpha value is -6.51. The van der Waals surface area contributed by atoms with Gasteiger partial charge in [-0.15, -0.1) is 11.1 Å². The van der Waals surface area contributed by atoms with Crippen molar-refractivity contribution in [1.29, 1.82) is 0 Å². The minimum Gasteiger partial charge on any atom is -0.149 e. The van der Waals surface area contributed by atoms with E-state index in [0.717, 1.165) is 38.5 Å². The van der Waals surface area contributed by atoms with Gasteiger partial charge in [0.25, 0.3) is 0 Å². The fraction of sp³-hybridized carbons (Fsp3) is 0.143. The van der Waals surface area contributed by atoms with Crippen LogP contribution in [0.1, 0.15) is 83.5 Å². The molecule has 0 nitrogen and oxygen atoms in total. The van der Waals surface area contributed by atoms with Crippen molar-refractivity contribution < 1.29 is 0 Å². The van der Waals surface area contributed by atoms with Crippen molar-refractivity contribution in [1.82, 2.24) is 0 Å². The molecular formula is C63H57ClSi. The maximum absolute atomic E-state index is 9.22. The molecular weight excluding hydrogens is 820 g/mol. The molecule has 0 aliphatic rings. The predicted molar refractivity (Wildman–Crippen MR) is 280 cm³/mol. The zero-order valence-corrected chi connectivity index (χ0v) is 39.7. The van der Waals surface area contributed by atoms with Gasteiger partial charge in [-0.3, -0.25) is 0 Å². The number of aryl methyl sites for hydroxylation is 3. The Morgan fingerprint density at radius 3 is 0.646 bits per heavy atom. The van der Waals surface area contributed by atoms with Gasteiger partial charge in [-0.25, -0.2) is 0 Å². The molecule has 2 heteroatoms. The highest BCUT2D eigenvalue weighted by molar-refractivity contribution is 7.40. The van der Waals surface area contributed by atoms with Gasteiger partial charge < -0.3 is 0 Å². The lowest BCUT2D eigenvalue weighted by Gasteiger charge is -2.35. The van der Waals surface area contributed by atoms with Crippen LogP contribution in [0, 0.1) is 20.8 Å². The normalized spacial score (nSPS) is 11.4. The van der Waals surface area contributed by atoms with Gasteiger partial charge in [0, 0.05) is 0 Å². The van der Waals surface area contributed by atoms with Crippen LogP contribution < -0.4 is 15.6 Å². The molecule has 0 bridgehead atoms. The average Bonchev–Trinajstić information content (AvgIpc) is 3.33. The maximum Gasteiger partial charge on any atom is 0.248 e. The largest absolute Gasteiger partial charge is 0.248 e. The molecule has 0 N–H and O–H groups in total. The van der Waals surface area contributed by atoms with E-state index >= 15 is 0 Å². The van der Waals surface area contributed by atoms with Crippen LogP contribution in [-0.4, -0.2) is 7.38 Å². The van der Waals surface area contributed by atoms with Crippen LogP contribution in [0.3, 0.4) is 0 Å². The Balaban J connectivity index is 1.35. The molecule has 0 aliphatic carbocycles. The fourth-order valence-electron chi connectivity index (χ4n) is 9.71. The lowest BCUT2D eigenvalue weighted by atomic mass is 9.95.